The lowest BCUT2D eigenvalue weighted by Gasteiger charge is -2.08. The van der Waals surface area contributed by atoms with E-state index < -0.39 is 5.97 Å². The number of anilines is 1. The van der Waals surface area contributed by atoms with Crippen LogP contribution < -0.4 is 5.73 Å². The number of nitrogens with two attached hydrogens (primary N) is 1. The highest BCUT2D eigenvalue weighted by Crippen LogP contribution is 2.32. The number of methoxy groups -OCH3 is 1. The second-order valence-electron chi connectivity index (χ2n) is 3.92. The number of rotatable bonds is 2. The molecular formula is C14H11Cl2NO2. The Bertz CT molecular complexity index is 641. The first kappa shape index (κ1) is 13.7. The van der Waals surface area contributed by atoms with Crippen molar-refractivity contribution in [3.8, 4) is 11.1 Å². The van der Waals surface area contributed by atoms with Crippen molar-refractivity contribution in [2.75, 3.05) is 12.8 Å². The Morgan fingerprint density at radius 2 is 1.84 bits per heavy atom. The predicted octanol–water partition coefficient (Wildman–Crippen LogP) is 4.03. The smallest absolute Gasteiger partial charge is 0.337 e. The van der Waals surface area contributed by atoms with Gasteiger partial charge >= 0.3 is 5.97 Å². The molecule has 0 aliphatic rings. The van der Waals surface area contributed by atoms with Crippen molar-refractivity contribution in [2.45, 2.75) is 0 Å². The minimum absolute atomic E-state index is 0.406. The quantitative estimate of drug-likeness (QED) is 0.672. The highest BCUT2D eigenvalue weighted by Gasteiger charge is 2.10. The molecule has 0 aliphatic heterocycles. The van der Waals surface area contributed by atoms with Crippen molar-refractivity contribution >= 4 is 34.9 Å². The number of hydrogen-bond acceptors (Lipinski definition) is 3. The highest BCUT2D eigenvalue weighted by atomic mass is 35.5. The van der Waals surface area contributed by atoms with Gasteiger partial charge in [0.15, 0.2) is 0 Å². The van der Waals surface area contributed by atoms with E-state index >= 15 is 0 Å². The maximum Gasteiger partial charge on any atom is 0.337 e. The Kier molecular flexibility index (Phi) is 3.98. The van der Waals surface area contributed by atoms with Gasteiger partial charge in [-0.2, -0.15) is 0 Å². The van der Waals surface area contributed by atoms with Crippen LogP contribution in [0.15, 0.2) is 36.4 Å². The molecular weight excluding hydrogens is 285 g/mol. The number of carbonyl (C=O) groups is 1. The van der Waals surface area contributed by atoms with Gasteiger partial charge in [-0.05, 0) is 29.8 Å². The van der Waals surface area contributed by atoms with Crippen LogP contribution in [-0.4, -0.2) is 13.1 Å². The molecule has 3 nitrogen and oxygen atoms in total. The summed E-state index contributed by atoms with van der Waals surface area (Å²) < 4.78 is 4.64. The third-order valence-corrected chi connectivity index (χ3v) is 3.44. The summed E-state index contributed by atoms with van der Waals surface area (Å²) in [6, 6.07) is 10.2. The Labute approximate surface area is 120 Å². The van der Waals surface area contributed by atoms with Gasteiger partial charge in [-0.25, -0.2) is 4.79 Å². The molecule has 2 rings (SSSR count). The Hall–Kier alpha value is -1.71. The third kappa shape index (κ3) is 2.83. The minimum atomic E-state index is -0.424. The molecule has 2 aromatic carbocycles. The Morgan fingerprint density at radius 3 is 2.42 bits per heavy atom. The first-order chi connectivity index (χ1) is 9.02. The topological polar surface area (TPSA) is 52.3 Å². The van der Waals surface area contributed by atoms with Crippen LogP contribution in [0.25, 0.3) is 11.1 Å². The van der Waals surface area contributed by atoms with Gasteiger partial charge in [0.25, 0.3) is 0 Å². The Morgan fingerprint density at radius 1 is 1.11 bits per heavy atom. The van der Waals surface area contributed by atoms with E-state index in [9.17, 15) is 4.79 Å². The van der Waals surface area contributed by atoms with Gasteiger partial charge in [0.2, 0.25) is 0 Å². The SMILES string of the molecule is COC(=O)c1ccc(-c2ccc(Cl)c(Cl)c2)c(N)c1. The van der Waals surface area contributed by atoms with Gasteiger partial charge in [-0.1, -0.05) is 35.3 Å². The summed E-state index contributed by atoms with van der Waals surface area (Å²) in [5.74, 6) is -0.424. The molecule has 0 saturated heterocycles. The summed E-state index contributed by atoms with van der Waals surface area (Å²) in [4.78, 5) is 11.4. The third-order valence-electron chi connectivity index (χ3n) is 2.70. The maximum absolute atomic E-state index is 11.4. The van der Waals surface area contributed by atoms with Crippen molar-refractivity contribution in [1.82, 2.24) is 0 Å². The number of esters is 1. The molecule has 0 unspecified atom stereocenters. The highest BCUT2D eigenvalue weighted by molar-refractivity contribution is 6.42. The second-order valence-corrected chi connectivity index (χ2v) is 4.74. The van der Waals surface area contributed by atoms with E-state index in [0.717, 1.165) is 11.1 Å². The second kappa shape index (κ2) is 5.51. The van der Waals surface area contributed by atoms with Gasteiger partial charge in [0, 0.05) is 11.3 Å². The number of halogens is 2. The summed E-state index contributed by atoms with van der Waals surface area (Å²) in [6.45, 7) is 0. The zero-order chi connectivity index (χ0) is 14.0. The van der Waals surface area contributed by atoms with Crippen LogP contribution in [0, 0.1) is 0 Å². The molecule has 0 aliphatic carbocycles. The average Bonchev–Trinajstić information content (AvgIpc) is 2.41. The summed E-state index contributed by atoms with van der Waals surface area (Å²) in [6.07, 6.45) is 0. The number of ether oxygens (including phenoxy) is 1. The van der Waals surface area contributed by atoms with Crippen LogP contribution in [0.2, 0.25) is 10.0 Å². The van der Waals surface area contributed by atoms with Crippen molar-refractivity contribution in [1.29, 1.82) is 0 Å². The molecule has 2 aromatic rings. The van der Waals surface area contributed by atoms with Gasteiger partial charge in [0.05, 0.1) is 22.7 Å². The van der Waals surface area contributed by atoms with Crippen molar-refractivity contribution < 1.29 is 9.53 Å². The van der Waals surface area contributed by atoms with Crippen LogP contribution in [0.4, 0.5) is 5.69 Å². The maximum atomic E-state index is 11.4. The molecule has 5 heteroatoms. The summed E-state index contributed by atoms with van der Waals surface area (Å²) in [7, 11) is 1.32. The van der Waals surface area contributed by atoms with Crippen LogP contribution >= 0.6 is 23.2 Å². The number of benzene rings is 2. The molecule has 0 atom stereocenters. The van der Waals surface area contributed by atoms with Gasteiger partial charge in [-0.15, -0.1) is 0 Å². The van der Waals surface area contributed by atoms with E-state index in [1.807, 2.05) is 6.07 Å². The lowest BCUT2D eigenvalue weighted by atomic mass is 10.0. The average molecular weight is 296 g/mol. The Balaban J connectivity index is 2.46. The first-order valence-corrected chi connectivity index (χ1v) is 6.22. The number of carbonyl (C=O) groups excluding carboxylic acids is 1. The van der Waals surface area contributed by atoms with Crippen molar-refractivity contribution in [2.24, 2.45) is 0 Å². The van der Waals surface area contributed by atoms with Crippen molar-refractivity contribution in [3.63, 3.8) is 0 Å². The fraction of sp³-hybridized carbons (Fsp3) is 0.0714. The molecule has 0 bridgehead atoms. The zero-order valence-electron chi connectivity index (χ0n) is 10.1. The van der Waals surface area contributed by atoms with Gasteiger partial charge in [-0.3, -0.25) is 0 Å². The number of nitrogen functional groups attached to an aromatic ring is 1. The number of hydrogen-bond donors (Lipinski definition) is 1. The molecule has 98 valence electrons. The molecule has 0 aromatic heterocycles. The molecule has 0 heterocycles. The fourth-order valence-corrected chi connectivity index (χ4v) is 2.03. The van der Waals surface area contributed by atoms with E-state index in [-0.39, 0.29) is 0 Å². The molecule has 0 saturated carbocycles. The molecule has 0 spiro atoms. The van der Waals surface area contributed by atoms with Crippen LogP contribution in [0.3, 0.4) is 0 Å². The van der Waals surface area contributed by atoms with Gasteiger partial charge < -0.3 is 10.5 Å². The molecule has 19 heavy (non-hydrogen) atoms. The largest absolute Gasteiger partial charge is 0.465 e. The zero-order valence-corrected chi connectivity index (χ0v) is 11.6. The van der Waals surface area contributed by atoms with E-state index in [1.54, 1.807) is 30.3 Å². The van der Waals surface area contributed by atoms with E-state index in [2.05, 4.69) is 4.74 Å². The molecule has 0 amide bonds. The van der Waals surface area contributed by atoms with E-state index in [0.29, 0.717) is 21.3 Å². The molecule has 2 N–H and O–H groups in total. The van der Waals surface area contributed by atoms with Gasteiger partial charge in [0.1, 0.15) is 0 Å². The standard InChI is InChI=1S/C14H11Cl2NO2/c1-19-14(18)9-2-4-10(13(17)7-9)8-3-5-11(15)12(16)6-8/h2-7H,17H2,1H3. The summed E-state index contributed by atoms with van der Waals surface area (Å²) in [5, 5.41) is 0.936. The fourth-order valence-electron chi connectivity index (χ4n) is 1.73. The lowest BCUT2D eigenvalue weighted by Crippen LogP contribution is -2.02. The molecule has 0 radical (unpaired) electrons. The molecule has 0 fully saturated rings. The summed E-state index contributed by atoms with van der Waals surface area (Å²) in [5.41, 5.74) is 8.45. The lowest BCUT2D eigenvalue weighted by molar-refractivity contribution is 0.0601. The first-order valence-electron chi connectivity index (χ1n) is 5.46. The summed E-state index contributed by atoms with van der Waals surface area (Å²) >= 11 is 11.8. The van der Waals surface area contributed by atoms with E-state index in [1.165, 1.54) is 7.11 Å². The monoisotopic (exact) mass is 295 g/mol. The normalized spacial score (nSPS) is 10.3. The minimum Gasteiger partial charge on any atom is -0.465 e. The van der Waals surface area contributed by atoms with Crippen molar-refractivity contribution in [3.05, 3.63) is 52.0 Å². The van der Waals surface area contributed by atoms with Crippen LogP contribution in [-0.2, 0) is 4.74 Å². The van der Waals surface area contributed by atoms with Crippen LogP contribution in [0.1, 0.15) is 10.4 Å². The van der Waals surface area contributed by atoms with Crippen LogP contribution in [0.5, 0.6) is 0 Å². The predicted molar refractivity (Wildman–Crippen MR) is 77.6 cm³/mol. The van der Waals surface area contributed by atoms with E-state index in [4.69, 9.17) is 28.9 Å².